The molecule has 86 valence electrons. The summed E-state index contributed by atoms with van der Waals surface area (Å²) in [5.74, 6) is -0.231. The number of allylic oxidation sites excluding steroid dienone is 1. The minimum Gasteiger partial charge on any atom is -0.464 e. The van der Waals surface area contributed by atoms with Gasteiger partial charge in [-0.05, 0) is 19.8 Å². The maximum atomic E-state index is 11.5. The van der Waals surface area contributed by atoms with Crippen molar-refractivity contribution in [3.05, 3.63) is 11.8 Å². The van der Waals surface area contributed by atoms with Crippen LogP contribution in [0.1, 0.15) is 39.0 Å². The van der Waals surface area contributed by atoms with E-state index in [2.05, 4.69) is 4.90 Å². The van der Waals surface area contributed by atoms with Crippen molar-refractivity contribution in [2.75, 3.05) is 14.2 Å². The predicted octanol–water partition coefficient (Wildman–Crippen LogP) is 2.33. The molecule has 1 aliphatic rings. The first kappa shape index (κ1) is 12.1. The zero-order valence-electron chi connectivity index (χ0n) is 9.95. The number of carbonyl (C=O) groups excluding carboxylic acids is 1. The van der Waals surface area contributed by atoms with Gasteiger partial charge < -0.3 is 9.64 Å². The topological polar surface area (TPSA) is 29.5 Å². The number of esters is 1. The monoisotopic (exact) mass is 211 g/mol. The molecule has 1 rings (SSSR count). The fourth-order valence-electron chi connectivity index (χ4n) is 2.24. The third-order valence-electron chi connectivity index (χ3n) is 3.17. The van der Waals surface area contributed by atoms with Crippen molar-refractivity contribution in [3.8, 4) is 0 Å². The Kier molecular flexibility index (Phi) is 4.66. The fourth-order valence-corrected chi connectivity index (χ4v) is 2.24. The minimum absolute atomic E-state index is 0.231. The molecule has 0 aromatic rings. The van der Waals surface area contributed by atoms with Crippen LogP contribution in [0, 0.1) is 0 Å². The second-order valence-electron chi connectivity index (χ2n) is 4.07. The molecule has 1 aliphatic carbocycles. The Bertz CT molecular complexity index is 242. The molecule has 1 saturated carbocycles. The van der Waals surface area contributed by atoms with Crippen LogP contribution in [0.25, 0.3) is 0 Å². The smallest absolute Gasteiger partial charge is 0.353 e. The van der Waals surface area contributed by atoms with Gasteiger partial charge in [0.15, 0.2) is 0 Å². The van der Waals surface area contributed by atoms with E-state index >= 15 is 0 Å². The molecule has 0 aromatic carbocycles. The summed E-state index contributed by atoms with van der Waals surface area (Å²) in [5, 5.41) is 0. The summed E-state index contributed by atoms with van der Waals surface area (Å²) in [7, 11) is 3.42. The first-order valence-electron chi connectivity index (χ1n) is 5.68. The second kappa shape index (κ2) is 5.79. The van der Waals surface area contributed by atoms with E-state index in [4.69, 9.17) is 4.74 Å². The summed E-state index contributed by atoms with van der Waals surface area (Å²) < 4.78 is 4.77. The lowest BCUT2D eigenvalue weighted by Gasteiger charge is -2.33. The van der Waals surface area contributed by atoms with Crippen LogP contribution >= 0.6 is 0 Å². The van der Waals surface area contributed by atoms with Gasteiger partial charge in [-0.25, -0.2) is 4.79 Å². The van der Waals surface area contributed by atoms with Crippen LogP contribution in [-0.4, -0.2) is 31.1 Å². The number of hydrogen-bond acceptors (Lipinski definition) is 3. The van der Waals surface area contributed by atoms with Crippen molar-refractivity contribution in [1.82, 2.24) is 4.90 Å². The van der Waals surface area contributed by atoms with E-state index in [1.54, 1.807) is 0 Å². The summed E-state index contributed by atoms with van der Waals surface area (Å²) in [6.45, 7) is 1.88. The lowest BCUT2D eigenvalue weighted by molar-refractivity contribution is -0.138. The van der Waals surface area contributed by atoms with E-state index in [9.17, 15) is 4.79 Å². The van der Waals surface area contributed by atoms with E-state index in [0.29, 0.717) is 11.7 Å². The third-order valence-corrected chi connectivity index (χ3v) is 3.17. The summed E-state index contributed by atoms with van der Waals surface area (Å²) in [6, 6.07) is 0.504. The average molecular weight is 211 g/mol. The van der Waals surface area contributed by atoms with Gasteiger partial charge in [-0.1, -0.05) is 25.3 Å². The Hall–Kier alpha value is -0.990. The fraction of sp³-hybridized carbons (Fsp3) is 0.750. The van der Waals surface area contributed by atoms with Crippen molar-refractivity contribution < 1.29 is 9.53 Å². The van der Waals surface area contributed by atoms with Gasteiger partial charge in [-0.3, -0.25) is 0 Å². The van der Waals surface area contributed by atoms with Gasteiger partial charge >= 0.3 is 5.97 Å². The zero-order valence-corrected chi connectivity index (χ0v) is 9.95. The summed E-state index contributed by atoms with van der Waals surface area (Å²) in [6.07, 6.45) is 8.07. The molecule has 3 heteroatoms. The third kappa shape index (κ3) is 2.98. The molecule has 0 radical (unpaired) electrons. The Morgan fingerprint density at radius 2 is 1.93 bits per heavy atom. The van der Waals surface area contributed by atoms with Crippen LogP contribution in [0.4, 0.5) is 0 Å². The van der Waals surface area contributed by atoms with Crippen molar-refractivity contribution in [2.45, 2.75) is 45.1 Å². The van der Waals surface area contributed by atoms with Gasteiger partial charge in [0.05, 0.1) is 7.11 Å². The van der Waals surface area contributed by atoms with E-state index in [0.717, 1.165) is 0 Å². The van der Waals surface area contributed by atoms with Gasteiger partial charge in [0, 0.05) is 13.1 Å². The first-order chi connectivity index (χ1) is 7.20. The Labute approximate surface area is 92.1 Å². The molecule has 0 atom stereocenters. The van der Waals surface area contributed by atoms with Crippen LogP contribution in [-0.2, 0) is 9.53 Å². The highest BCUT2D eigenvalue weighted by Gasteiger charge is 2.23. The van der Waals surface area contributed by atoms with Gasteiger partial charge in [-0.15, -0.1) is 0 Å². The van der Waals surface area contributed by atoms with E-state index in [-0.39, 0.29) is 5.97 Å². The molecule has 0 saturated heterocycles. The maximum Gasteiger partial charge on any atom is 0.353 e. The molecule has 0 N–H and O–H groups in total. The molecule has 0 amide bonds. The molecular weight excluding hydrogens is 190 g/mol. The standard InChI is InChI=1S/C12H21NO2/c1-4-11(12(14)15-3)13(2)10-8-6-5-7-9-10/h4,10H,5-9H2,1-3H3/b11-4-. The molecule has 15 heavy (non-hydrogen) atoms. The van der Waals surface area contributed by atoms with Crippen LogP contribution in [0.3, 0.4) is 0 Å². The average Bonchev–Trinajstić information content (AvgIpc) is 2.30. The lowest BCUT2D eigenvalue weighted by atomic mass is 9.94. The predicted molar refractivity (Wildman–Crippen MR) is 60.4 cm³/mol. The normalized spacial score (nSPS) is 18.7. The molecule has 3 nitrogen and oxygen atoms in total. The van der Waals surface area contributed by atoms with Crippen LogP contribution < -0.4 is 0 Å². The largest absolute Gasteiger partial charge is 0.464 e. The molecule has 1 fully saturated rings. The number of carbonyl (C=O) groups is 1. The first-order valence-corrected chi connectivity index (χ1v) is 5.68. The van der Waals surface area contributed by atoms with Crippen molar-refractivity contribution in [3.63, 3.8) is 0 Å². The number of methoxy groups -OCH3 is 1. The molecule has 0 heterocycles. The molecular formula is C12H21NO2. The minimum atomic E-state index is -0.231. The highest BCUT2D eigenvalue weighted by molar-refractivity contribution is 5.87. The van der Waals surface area contributed by atoms with Crippen molar-refractivity contribution in [2.24, 2.45) is 0 Å². The molecule has 0 bridgehead atoms. The van der Waals surface area contributed by atoms with Gasteiger partial charge in [0.25, 0.3) is 0 Å². The van der Waals surface area contributed by atoms with Crippen molar-refractivity contribution >= 4 is 5.97 Å². The number of rotatable bonds is 3. The van der Waals surface area contributed by atoms with Gasteiger partial charge in [-0.2, -0.15) is 0 Å². The van der Waals surface area contributed by atoms with E-state index in [1.165, 1.54) is 39.2 Å². The van der Waals surface area contributed by atoms with Crippen LogP contribution in [0.2, 0.25) is 0 Å². The van der Waals surface area contributed by atoms with Crippen LogP contribution in [0.5, 0.6) is 0 Å². The quantitative estimate of drug-likeness (QED) is 0.530. The summed E-state index contributed by atoms with van der Waals surface area (Å²) in [5.41, 5.74) is 0.685. The lowest BCUT2D eigenvalue weighted by Crippen LogP contribution is -2.35. The summed E-state index contributed by atoms with van der Waals surface area (Å²) >= 11 is 0. The number of nitrogens with zero attached hydrogens (tertiary/aromatic N) is 1. The SMILES string of the molecule is C/C=C(/C(=O)OC)N(C)C1CCCCC1. The highest BCUT2D eigenvalue weighted by atomic mass is 16.5. The van der Waals surface area contributed by atoms with E-state index < -0.39 is 0 Å². The molecule has 0 spiro atoms. The number of ether oxygens (including phenoxy) is 1. The highest BCUT2D eigenvalue weighted by Crippen LogP contribution is 2.24. The molecule has 0 unspecified atom stereocenters. The number of hydrogen-bond donors (Lipinski definition) is 0. The van der Waals surface area contributed by atoms with Gasteiger partial charge in [0.2, 0.25) is 0 Å². The maximum absolute atomic E-state index is 11.5. The van der Waals surface area contributed by atoms with Crippen molar-refractivity contribution in [1.29, 1.82) is 0 Å². The second-order valence-corrected chi connectivity index (χ2v) is 4.07. The van der Waals surface area contributed by atoms with Crippen LogP contribution in [0.15, 0.2) is 11.8 Å². The molecule has 0 aliphatic heterocycles. The van der Waals surface area contributed by atoms with Gasteiger partial charge in [0.1, 0.15) is 5.70 Å². The molecule has 0 aromatic heterocycles. The Morgan fingerprint density at radius 3 is 2.40 bits per heavy atom. The Morgan fingerprint density at radius 1 is 1.33 bits per heavy atom. The zero-order chi connectivity index (χ0) is 11.3. The number of likely N-dealkylation sites (N-methyl/N-ethyl adjacent to an activating group) is 1. The Balaban J connectivity index is 2.63. The summed E-state index contributed by atoms with van der Waals surface area (Å²) in [4.78, 5) is 13.6. The van der Waals surface area contributed by atoms with E-state index in [1.807, 2.05) is 20.0 Å².